The van der Waals surface area contributed by atoms with Crippen molar-refractivity contribution in [2.75, 3.05) is 59.1 Å². The minimum Gasteiger partial charge on any atom is -0.326 e. The van der Waals surface area contributed by atoms with E-state index in [0.717, 1.165) is 39.3 Å². The summed E-state index contributed by atoms with van der Waals surface area (Å²) in [6, 6.07) is 0. The Kier molecular flexibility index (Phi) is 13.6. The van der Waals surface area contributed by atoms with Gasteiger partial charge < -0.3 is 30.2 Å². The number of nitrogens with one attached hydrogen (secondary N) is 3. The molecule has 0 amide bonds. The molecule has 0 aromatic heterocycles. The maximum atomic E-state index is 5.73. The minimum atomic E-state index is -0.972. The van der Waals surface area contributed by atoms with Gasteiger partial charge in [0.15, 0.2) is 0 Å². The van der Waals surface area contributed by atoms with Crippen LogP contribution in [0, 0.1) is 0 Å². The Bertz CT molecular complexity index is 175. The maximum absolute atomic E-state index is 5.73. The van der Waals surface area contributed by atoms with E-state index in [1.807, 2.05) is 6.92 Å². The van der Waals surface area contributed by atoms with Crippen molar-refractivity contribution < 1.29 is 14.2 Å². The third-order valence-corrected chi connectivity index (χ3v) is 2.68. The first kappa shape index (κ1) is 19.8. The van der Waals surface area contributed by atoms with E-state index >= 15 is 0 Å². The van der Waals surface area contributed by atoms with E-state index in [0.29, 0.717) is 19.8 Å². The number of likely N-dealkylation sites (N-methyl/N-ethyl adjacent to an activating group) is 3. The molecular formula is C14H33N3O3. The van der Waals surface area contributed by atoms with Crippen LogP contribution in [0.5, 0.6) is 0 Å². The zero-order valence-electron chi connectivity index (χ0n) is 13.6. The predicted molar refractivity (Wildman–Crippen MR) is 81.9 cm³/mol. The van der Waals surface area contributed by atoms with E-state index in [-0.39, 0.29) is 0 Å². The second-order valence-electron chi connectivity index (χ2n) is 4.47. The molecule has 0 unspecified atom stereocenters. The van der Waals surface area contributed by atoms with Crippen LogP contribution in [0.4, 0.5) is 0 Å². The summed E-state index contributed by atoms with van der Waals surface area (Å²) in [5, 5.41) is 9.64. The summed E-state index contributed by atoms with van der Waals surface area (Å²) >= 11 is 0. The first-order valence-electron chi connectivity index (χ1n) is 7.72. The van der Waals surface area contributed by atoms with Gasteiger partial charge in [0.05, 0.1) is 19.8 Å². The molecule has 6 nitrogen and oxygen atoms in total. The lowest BCUT2D eigenvalue weighted by atomic mass is 10.5. The molecule has 0 aromatic carbocycles. The molecule has 0 saturated carbocycles. The van der Waals surface area contributed by atoms with Crippen molar-refractivity contribution >= 4 is 0 Å². The van der Waals surface area contributed by atoms with Crippen molar-refractivity contribution in [3.63, 3.8) is 0 Å². The summed E-state index contributed by atoms with van der Waals surface area (Å²) in [5.74, 6) is -0.972. The Labute approximate surface area is 123 Å². The fourth-order valence-corrected chi connectivity index (χ4v) is 1.58. The number of rotatable bonds is 15. The Hall–Kier alpha value is -0.240. The standard InChI is InChI=1S/C14H33N3O3/c1-5-15-8-11-18-14(4,19-12-9-16-6-2)20-13-10-17-7-3/h15-17H,5-13H2,1-4H3. The summed E-state index contributed by atoms with van der Waals surface area (Å²) in [6.45, 7) is 14.9. The molecule has 0 aliphatic carbocycles. The van der Waals surface area contributed by atoms with Crippen LogP contribution in [0.3, 0.4) is 0 Å². The van der Waals surface area contributed by atoms with Crippen LogP contribution in [0.2, 0.25) is 0 Å². The monoisotopic (exact) mass is 291 g/mol. The zero-order valence-corrected chi connectivity index (χ0v) is 13.6. The average molecular weight is 291 g/mol. The molecule has 0 bridgehead atoms. The fraction of sp³-hybridized carbons (Fsp3) is 1.00. The van der Waals surface area contributed by atoms with Crippen molar-refractivity contribution in [3.8, 4) is 0 Å². The van der Waals surface area contributed by atoms with Crippen molar-refractivity contribution in [1.29, 1.82) is 0 Å². The second-order valence-corrected chi connectivity index (χ2v) is 4.47. The Balaban J connectivity index is 3.98. The smallest absolute Gasteiger partial charge is 0.280 e. The van der Waals surface area contributed by atoms with E-state index < -0.39 is 5.97 Å². The van der Waals surface area contributed by atoms with Gasteiger partial charge in [-0.05, 0) is 19.6 Å². The van der Waals surface area contributed by atoms with Crippen LogP contribution in [0.25, 0.3) is 0 Å². The molecule has 0 heterocycles. The average Bonchev–Trinajstić information content (AvgIpc) is 2.45. The van der Waals surface area contributed by atoms with Crippen molar-refractivity contribution in [3.05, 3.63) is 0 Å². The van der Waals surface area contributed by atoms with E-state index in [9.17, 15) is 0 Å². The number of hydrogen-bond acceptors (Lipinski definition) is 6. The van der Waals surface area contributed by atoms with E-state index in [4.69, 9.17) is 14.2 Å². The van der Waals surface area contributed by atoms with Gasteiger partial charge in [0, 0.05) is 26.6 Å². The molecule has 0 radical (unpaired) electrons. The third kappa shape index (κ3) is 11.6. The highest BCUT2D eigenvalue weighted by molar-refractivity contribution is 4.54. The van der Waals surface area contributed by atoms with Gasteiger partial charge in [-0.1, -0.05) is 20.8 Å². The molecule has 0 atom stereocenters. The van der Waals surface area contributed by atoms with Gasteiger partial charge in [-0.25, -0.2) is 0 Å². The molecule has 0 aliphatic heterocycles. The molecule has 0 fully saturated rings. The SMILES string of the molecule is CCNCCOC(C)(OCCNCC)OCCNCC. The molecule has 0 rings (SSSR count). The van der Waals surface area contributed by atoms with Crippen LogP contribution in [0.15, 0.2) is 0 Å². The third-order valence-electron chi connectivity index (χ3n) is 2.68. The van der Waals surface area contributed by atoms with Gasteiger partial charge in [0.1, 0.15) is 0 Å². The topological polar surface area (TPSA) is 63.8 Å². The van der Waals surface area contributed by atoms with Gasteiger partial charge in [-0.2, -0.15) is 0 Å². The first-order valence-corrected chi connectivity index (χ1v) is 7.72. The lowest BCUT2D eigenvalue weighted by molar-refractivity contribution is -0.368. The summed E-state index contributed by atoms with van der Waals surface area (Å²) in [4.78, 5) is 0. The highest BCUT2D eigenvalue weighted by Gasteiger charge is 2.26. The van der Waals surface area contributed by atoms with E-state index in [2.05, 4.69) is 36.7 Å². The molecule has 0 spiro atoms. The molecule has 122 valence electrons. The molecule has 3 N–H and O–H groups in total. The Morgan fingerprint density at radius 1 is 0.650 bits per heavy atom. The summed E-state index contributed by atoms with van der Waals surface area (Å²) in [5.41, 5.74) is 0. The van der Waals surface area contributed by atoms with Gasteiger partial charge in [-0.15, -0.1) is 0 Å². The minimum absolute atomic E-state index is 0.562. The number of ether oxygens (including phenoxy) is 3. The molecule has 0 aliphatic rings. The summed E-state index contributed by atoms with van der Waals surface area (Å²) in [7, 11) is 0. The van der Waals surface area contributed by atoms with E-state index in [1.54, 1.807) is 0 Å². The Morgan fingerprint density at radius 3 is 1.20 bits per heavy atom. The normalized spacial score (nSPS) is 12.0. The second kappa shape index (κ2) is 13.7. The predicted octanol–water partition coefficient (Wildman–Crippen LogP) is 0.538. The van der Waals surface area contributed by atoms with Crippen molar-refractivity contribution in [1.82, 2.24) is 16.0 Å². The van der Waals surface area contributed by atoms with Crippen molar-refractivity contribution in [2.24, 2.45) is 0 Å². The highest BCUT2D eigenvalue weighted by Crippen LogP contribution is 2.13. The number of hydrogen-bond donors (Lipinski definition) is 3. The highest BCUT2D eigenvalue weighted by atomic mass is 16.9. The molecule has 6 heteroatoms. The van der Waals surface area contributed by atoms with Gasteiger partial charge in [-0.3, -0.25) is 0 Å². The van der Waals surface area contributed by atoms with Crippen LogP contribution in [-0.2, 0) is 14.2 Å². The van der Waals surface area contributed by atoms with Gasteiger partial charge >= 0.3 is 0 Å². The molecular weight excluding hydrogens is 258 g/mol. The molecule has 20 heavy (non-hydrogen) atoms. The lowest BCUT2D eigenvalue weighted by Crippen LogP contribution is -2.41. The van der Waals surface area contributed by atoms with Crippen LogP contribution in [0.1, 0.15) is 27.7 Å². The quantitative estimate of drug-likeness (QED) is 0.302. The van der Waals surface area contributed by atoms with Crippen molar-refractivity contribution in [2.45, 2.75) is 33.7 Å². The Morgan fingerprint density at radius 2 is 0.950 bits per heavy atom. The van der Waals surface area contributed by atoms with Gasteiger partial charge in [0.25, 0.3) is 5.97 Å². The summed E-state index contributed by atoms with van der Waals surface area (Å²) in [6.07, 6.45) is 0. The first-order chi connectivity index (χ1) is 9.68. The van der Waals surface area contributed by atoms with E-state index in [1.165, 1.54) is 0 Å². The van der Waals surface area contributed by atoms with Crippen LogP contribution in [-0.4, -0.2) is 65.1 Å². The lowest BCUT2D eigenvalue weighted by Gasteiger charge is -2.30. The zero-order chi connectivity index (χ0) is 15.1. The van der Waals surface area contributed by atoms with Crippen LogP contribution < -0.4 is 16.0 Å². The van der Waals surface area contributed by atoms with Crippen LogP contribution >= 0.6 is 0 Å². The maximum Gasteiger partial charge on any atom is 0.280 e. The largest absolute Gasteiger partial charge is 0.326 e. The summed E-state index contributed by atoms with van der Waals surface area (Å²) < 4.78 is 17.2. The van der Waals surface area contributed by atoms with Gasteiger partial charge in [0.2, 0.25) is 0 Å². The molecule has 0 aromatic rings. The fourth-order valence-electron chi connectivity index (χ4n) is 1.58. The molecule has 0 saturated heterocycles.